The molecule has 0 saturated carbocycles. The molecule has 5 nitrogen and oxygen atoms in total. The summed E-state index contributed by atoms with van der Waals surface area (Å²) in [4.78, 5) is 11.0. The molecule has 17 heavy (non-hydrogen) atoms. The molecule has 0 aliphatic heterocycles. The predicted octanol–water partition coefficient (Wildman–Crippen LogP) is 0.337. The SMILES string of the molecule is CCCS(=O)(=O)N(C)CC(=O)NCC(F)(F)F. The molecule has 1 amide bonds. The van der Waals surface area contributed by atoms with Crippen LogP contribution in [0.15, 0.2) is 0 Å². The first-order chi connectivity index (χ1) is 7.58. The van der Waals surface area contributed by atoms with Gasteiger partial charge in [0, 0.05) is 7.05 Å². The summed E-state index contributed by atoms with van der Waals surface area (Å²) in [6.45, 7) is -0.430. The minimum Gasteiger partial charge on any atom is -0.346 e. The highest BCUT2D eigenvalue weighted by atomic mass is 32.2. The van der Waals surface area contributed by atoms with Gasteiger partial charge in [-0.2, -0.15) is 17.5 Å². The van der Waals surface area contributed by atoms with Gasteiger partial charge in [0.15, 0.2) is 0 Å². The summed E-state index contributed by atoms with van der Waals surface area (Å²) in [6.07, 6.45) is -4.13. The van der Waals surface area contributed by atoms with Gasteiger partial charge in [0.25, 0.3) is 0 Å². The van der Waals surface area contributed by atoms with E-state index in [9.17, 15) is 26.4 Å². The molecule has 0 radical (unpaired) electrons. The highest BCUT2D eigenvalue weighted by Crippen LogP contribution is 2.12. The monoisotopic (exact) mass is 276 g/mol. The molecule has 0 aliphatic rings. The first-order valence-corrected chi connectivity index (χ1v) is 6.47. The molecule has 0 spiro atoms. The van der Waals surface area contributed by atoms with Gasteiger partial charge in [0.1, 0.15) is 6.54 Å². The van der Waals surface area contributed by atoms with Crippen molar-refractivity contribution < 1.29 is 26.4 Å². The Balaban J connectivity index is 4.22. The van der Waals surface area contributed by atoms with Crippen LogP contribution in [0.2, 0.25) is 0 Å². The largest absolute Gasteiger partial charge is 0.405 e. The third-order valence-electron chi connectivity index (χ3n) is 1.79. The van der Waals surface area contributed by atoms with Crippen LogP contribution in [-0.2, 0) is 14.8 Å². The maximum Gasteiger partial charge on any atom is 0.405 e. The highest BCUT2D eigenvalue weighted by molar-refractivity contribution is 7.89. The fraction of sp³-hybridized carbons (Fsp3) is 0.875. The van der Waals surface area contributed by atoms with Gasteiger partial charge in [-0.1, -0.05) is 6.92 Å². The zero-order valence-electron chi connectivity index (χ0n) is 9.54. The number of sulfonamides is 1. The van der Waals surface area contributed by atoms with E-state index >= 15 is 0 Å². The third-order valence-corrected chi connectivity index (χ3v) is 3.79. The Morgan fingerprint density at radius 1 is 1.35 bits per heavy atom. The van der Waals surface area contributed by atoms with Gasteiger partial charge in [0.2, 0.25) is 15.9 Å². The molecule has 0 bridgehead atoms. The lowest BCUT2D eigenvalue weighted by Crippen LogP contribution is -2.42. The van der Waals surface area contributed by atoms with Gasteiger partial charge < -0.3 is 5.32 Å². The van der Waals surface area contributed by atoms with Crippen LogP contribution in [-0.4, -0.2) is 50.7 Å². The number of carbonyl (C=O) groups is 1. The van der Waals surface area contributed by atoms with Gasteiger partial charge in [-0.05, 0) is 6.42 Å². The minimum absolute atomic E-state index is 0.143. The molecule has 0 aromatic rings. The van der Waals surface area contributed by atoms with Crippen LogP contribution >= 0.6 is 0 Å². The number of halogens is 3. The lowest BCUT2D eigenvalue weighted by molar-refractivity contribution is -0.138. The van der Waals surface area contributed by atoms with E-state index in [1.165, 1.54) is 0 Å². The topological polar surface area (TPSA) is 66.5 Å². The smallest absolute Gasteiger partial charge is 0.346 e. The quantitative estimate of drug-likeness (QED) is 0.760. The molecule has 0 rings (SSSR count). The van der Waals surface area contributed by atoms with Crippen molar-refractivity contribution in [1.29, 1.82) is 0 Å². The maximum atomic E-state index is 11.8. The van der Waals surface area contributed by atoms with Gasteiger partial charge >= 0.3 is 6.18 Å². The van der Waals surface area contributed by atoms with E-state index < -0.39 is 35.2 Å². The average Bonchev–Trinajstić information content (AvgIpc) is 2.13. The summed E-state index contributed by atoms with van der Waals surface area (Å²) in [5, 5.41) is 1.60. The Bertz CT molecular complexity index is 354. The van der Waals surface area contributed by atoms with E-state index in [1.807, 2.05) is 0 Å². The lowest BCUT2D eigenvalue weighted by Gasteiger charge is -2.16. The number of hydrogen-bond acceptors (Lipinski definition) is 3. The Labute approximate surface area is 98.0 Å². The zero-order valence-corrected chi connectivity index (χ0v) is 10.4. The fourth-order valence-electron chi connectivity index (χ4n) is 0.969. The summed E-state index contributed by atoms with van der Waals surface area (Å²) >= 11 is 0. The Morgan fingerprint density at radius 2 is 1.88 bits per heavy atom. The van der Waals surface area contributed by atoms with Gasteiger partial charge in [-0.25, -0.2) is 8.42 Å². The summed E-state index contributed by atoms with van der Waals surface area (Å²) in [5.41, 5.74) is 0. The van der Waals surface area contributed by atoms with E-state index in [2.05, 4.69) is 0 Å². The van der Waals surface area contributed by atoms with Crippen molar-refractivity contribution in [2.75, 3.05) is 25.9 Å². The van der Waals surface area contributed by atoms with Gasteiger partial charge in [-0.15, -0.1) is 0 Å². The summed E-state index contributed by atoms with van der Waals surface area (Å²) in [5.74, 6) is -1.12. The Morgan fingerprint density at radius 3 is 2.29 bits per heavy atom. The predicted molar refractivity (Wildman–Crippen MR) is 55.8 cm³/mol. The second-order valence-corrected chi connectivity index (χ2v) is 5.66. The minimum atomic E-state index is -4.50. The number of nitrogens with one attached hydrogen (secondary N) is 1. The van der Waals surface area contributed by atoms with Crippen LogP contribution in [0.4, 0.5) is 13.2 Å². The molecular weight excluding hydrogens is 261 g/mol. The second kappa shape index (κ2) is 6.20. The first-order valence-electron chi connectivity index (χ1n) is 4.86. The first kappa shape index (κ1) is 16.2. The highest BCUT2D eigenvalue weighted by Gasteiger charge is 2.28. The average molecular weight is 276 g/mol. The molecule has 9 heteroatoms. The number of nitrogens with zero attached hydrogens (tertiary/aromatic N) is 1. The fourth-order valence-corrected chi connectivity index (χ4v) is 2.11. The van der Waals surface area contributed by atoms with Gasteiger partial charge in [0.05, 0.1) is 12.3 Å². The zero-order chi connectivity index (χ0) is 13.7. The van der Waals surface area contributed by atoms with Crippen LogP contribution in [0.1, 0.15) is 13.3 Å². The Hall–Kier alpha value is -0.830. The second-order valence-electron chi connectivity index (χ2n) is 3.46. The van der Waals surface area contributed by atoms with Crippen LogP contribution in [0.5, 0.6) is 0 Å². The van der Waals surface area contributed by atoms with E-state index in [0.717, 1.165) is 11.4 Å². The molecule has 0 aliphatic carbocycles. The molecule has 0 aromatic heterocycles. The molecular formula is C8H15F3N2O3S. The van der Waals surface area contributed by atoms with Crippen molar-refractivity contribution in [3.63, 3.8) is 0 Å². The number of rotatable bonds is 6. The van der Waals surface area contributed by atoms with Crippen molar-refractivity contribution >= 4 is 15.9 Å². The van der Waals surface area contributed by atoms with Crippen molar-refractivity contribution in [1.82, 2.24) is 9.62 Å². The number of amides is 1. The van der Waals surface area contributed by atoms with Gasteiger partial charge in [-0.3, -0.25) is 4.79 Å². The molecule has 102 valence electrons. The maximum absolute atomic E-state index is 11.8. The van der Waals surface area contributed by atoms with Crippen LogP contribution < -0.4 is 5.32 Å². The molecule has 0 fully saturated rings. The lowest BCUT2D eigenvalue weighted by atomic mass is 10.5. The van der Waals surface area contributed by atoms with E-state index in [0.29, 0.717) is 6.42 Å². The normalized spacial score (nSPS) is 12.8. The molecule has 0 saturated heterocycles. The standard InChI is InChI=1S/C8H15F3N2O3S/c1-3-4-17(15,16)13(2)5-7(14)12-6-8(9,10)11/h3-6H2,1-2H3,(H,12,14). The van der Waals surface area contributed by atoms with Crippen molar-refractivity contribution in [2.45, 2.75) is 19.5 Å². The van der Waals surface area contributed by atoms with Crippen molar-refractivity contribution in [3.05, 3.63) is 0 Å². The van der Waals surface area contributed by atoms with E-state index in [1.54, 1.807) is 12.2 Å². The van der Waals surface area contributed by atoms with Crippen LogP contribution in [0.3, 0.4) is 0 Å². The molecule has 0 atom stereocenters. The number of alkyl halides is 3. The van der Waals surface area contributed by atoms with Crippen LogP contribution in [0.25, 0.3) is 0 Å². The molecule has 0 heterocycles. The number of likely N-dealkylation sites (N-methyl/N-ethyl adjacent to an activating group) is 1. The number of carbonyl (C=O) groups excluding carboxylic acids is 1. The van der Waals surface area contributed by atoms with Crippen molar-refractivity contribution in [3.8, 4) is 0 Å². The summed E-state index contributed by atoms with van der Waals surface area (Å²) in [7, 11) is -2.42. The summed E-state index contributed by atoms with van der Waals surface area (Å²) < 4.78 is 58.8. The molecule has 0 unspecified atom stereocenters. The summed E-state index contributed by atoms with van der Waals surface area (Å²) in [6, 6.07) is 0. The molecule has 1 N–H and O–H groups in total. The van der Waals surface area contributed by atoms with Crippen molar-refractivity contribution in [2.24, 2.45) is 0 Å². The third kappa shape index (κ3) is 7.16. The number of hydrogen-bond donors (Lipinski definition) is 1. The Kier molecular flexibility index (Phi) is 5.89. The molecule has 0 aromatic carbocycles. The van der Waals surface area contributed by atoms with E-state index in [4.69, 9.17) is 0 Å². The van der Waals surface area contributed by atoms with Crippen LogP contribution in [0, 0.1) is 0 Å². The van der Waals surface area contributed by atoms with E-state index in [-0.39, 0.29) is 5.75 Å².